The highest BCUT2D eigenvalue weighted by atomic mass is 32.1. The van der Waals surface area contributed by atoms with E-state index in [1.807, 2.05) is 22.4 Å². The zero-order valence-electron chi connectivity index (χ0n) is 14.2. The number of likely N-dealkylation sites (tertiary alicyclic amines) is 1. The minimum absolute atomic E-state index is 0.0545. The molecule has 5 nitrogen and oxygen atoms in total. The van der Waals surface area contributed by atoms with Crippen LogP contribution in [0.5, 0.6) is 0 Å². The molecular weight excluding hydrogens is 308 g/mol. The fourth-order valence-electron chi connectivity index (χ4n) is 3.63. The van der Waals surface area contributed by atoms with E-state index in [9.17, 15) is 4.79 Å². The minimum atomic E-state index is 0.0545. The molecule has 0 aromatic carbocycles. The predicted molar refractivity (Wildman–Crippen MR) is 96.2 cm³/mol. The van der Waals surface area contributed by atoms with E-state index in [2.05, 4.69) is 29.1 Å². The monoisotopic (exact) mass is 336 g/mol. The number of piperidine rings is 1. The number of amides is 2. The van der Waals surface area contributed by atoms with Crippen molar-refractivity contribution in [1.29, 1.82) is 0 Å². The molecule has 2 saturated heterocycles. The quantitative estimate of drug-likeness (QED) is 0.922. The maximum absolute atomic E-state index is 12.3. The van der Waals surface area contributed by atoms with Crippen molar-refractivity contribution in [2.24, 2.45) is 5.92 Å². The Hall–Kier alpha value is -1.11. The second-order valence-electron chi connectivity index (χ2n) is 6.94. The van der Waals surface area contributed by atoms with Crippen molar-refractivity contribution in [1.82, 2.24) is 14.7 Å². The second kappa shape index (κ2) is 7.64. The second-order valence-corrected chi connectivity index (χ2v) is 7.89. The van der Waals surface area contributed by atoms with Crippen LogP contribution in [0.15, 0.2) is 17.5 Å². The van der Waals surface area contributed by atoms with Crippen LogP contribution >= 0.6 is 11.3 Å². The van der Waals surface area contributed by atoms with E-state index in [0.29, 0.717) is 6.04 Å². The molecule has 6 heteroatoms. The summed E-state index contributed by atoms with van der Waals surface area (Å²) in [7, 11) is 2.21. The Balaban J connectivity index is 1.42. The maximum Gasteiger partial charge on any atom is 0.322 e. The van der Waals surface area contributed by atoms with Crippen molar-refractivity contribution in [2.45, 2.75) is 25.8 Å². The van der Waals surface area contributed by atoms with Crippen molar-refractivity contribution in [3.05, 3.63) is 17.5 Å². The molecule has 23 heavy (non-hydrogen) atoms. The molecule has 0 radical (unpaired) electrons. The Morgan fingerprint density at radius 1 is 1.30 bits per heavy atom. The Bertz CT molecular complexity index is 499. The van der Waals surface area contributed by atoms with Gasteiger partial charge in [0.2, 0.25) is 0 Å². The van der Waals surface area contributed by atoms with E-state index in [-0.39, 0.29) is 6.03 Å². The average Bonchev–Trinajstić information content (AvgIpc) is 3.04. The van der Waals surface area contributed by atoms with Gasteiger partial charge in [-0.15, -0.1) is 11.3 Å². The van der Waals surface area contributed by atoms with Crippen LogP contribution in [0.25, 0.3) is 0 Å². The number of carbonyl (C=O) groups excluding carboxylic acids is 1. The normalized spacial score (nSPS) is 24.8. The molecule has 0 aliphatic carbocycles. The number of carbonyl (C=O) groups is 1. The zero-order chi connectivity index (χ0) is 16.2. The number of anilines is 1. The number of piperazine rings is 1. The van der Waals surface area contributed by atoms with Gasteiger partial charge in [-0.1, -0.05) is 0 Å². The first-order chi connectivity index (χ1) is 11.1. The van der Waals surface area contributed by atoms with E-state index in [1.54, 1.807) is 11.3 Å². The highest BCUT2D eigenvalue weighted by Gasteiger charge is 2.27. The highest BCUT2D eigenvalue weighted by molar-refractivity contribution is 7.14. The first kappa shape index (κ1) is 16.7. The van der Waals surface area contributed by atoms with Gasteiger partial charge in [0.25, 0.3) is 0 Å². The van der Waals surface area contributed by atoms with Crippen LogP contribution in [0.2, 0.25) is 0 Å². The molecule has 128 valence electrons. The van der Waals surface area contributed by atoms with Gasteiger partial charge >= 0.3 is 6.03 Å². The number of thiophene rings is 1. The third-order valence-electron chi connectivity index (χ3n) is 5.11. The van der Waals surface area contributed by atoms with Crippen LogP contribution < -0.4 is 5.32 Å². The molecule has 1 atom stereocenters. The van der Waals surface area contributed by atoms with E-state index in [1.165, 1.54) is 26.2 Å². The average molecular weight is 337 g/mol. The van der Waals surface area contributed by atoms with Crippen molar-refractivity contribution >= 4 is 22.4 Å². The largest absolute Gasteiger partial charge is 0.324 e. The molecule has 2 aliphatic rings. The van der Waals surface area contributed by atoms with Crippen molar-refractivity contribution in [3.8, 4) is 0 Å². The number of nitrogens with one attached hydrogen (secondary N) is 1. The van der Waals surface area contributed by atoms with Gasteiger partial charge in [0.05, 0.1) is 5.00 Å². The summed E-state index contributed by atoms with van der Waals surface area (Å²) >= 11 is 1.57. The van der Waals surface area contributed by atoms with Gasteiger partial charge < -0.3 is 9.80 Å². The van der Waals surface area contributed by atoms with Crippen LogP contribution in [0, 0.1) is 5.92 Å². The highest BCUT2D eigenvalue weighted by Crippen LogP contribution is 2.22. The maximum atomic E-state index is 12.3. The number of hydrogen-bond acceptors (Lipinski definition) is 4. The lowest BCUT2D eigenvalue weighted by Crippen LogP contribution is -2.52. The standard InChI is InChI=1S/C17H28N4OS/c1-14-12-19(2)9-10-21(14)13-15-5-7-20(8-6-15)17(22)18-16-4-3-11-23-16/h3-4,11,14-15H,5-10,12-13H2,1-2H3,(H,18,22)/t14-/m1/s1. The Labute approximate surface area is 143 Å². The third kappa shape index (κ3) is 4.46. The van der Waals surface area contributed by atoms with Gasteiger partial charge in [0.15, 0.2) is 0 Å². The summed E-state index contributed by atoms with van der Waals surface area (Å²) in [5.74, 6) is 0.728. The number of urea groups is 1. The molecule has 3 rings (SSSR count). The SMILES string of the molecule is C[C@@H]1CN(C)CCN1CC1CCN(C(=O)Nc2cccs2)CC1. The summed E-state index contributed by atoms with van der Waals surface area (Å²) in [6.45, 7) is 8.80. The summed E-state index contributed by atoms with van der Waals surface area (Å²) < 4.78 is 0. The zero-order valence-corrected chi connectivity index (χ0v) is 15.0. The van der Waals surface area contributed by atoms with Gasteiger partial charge in [-0.3, -0.25) is 10.2 Å². The first-order valence-corrected chi connectivity index (χ1v) is 9.52. The van der Waals surface area contributed by atoms with Gasteiger partial charge in [0.1, 0.15) is 0 Å². The molecule has 2 amide bonds. The molecular formula is C17H28N4OS. The molecule has 1 aromatic rings. The molecule has 1 aromatic heterocycles. The molecule has 0 spiro atoms. The Morgan fingerprint density at radius 2 is 2.09 bits per heavy atom. The fourth-order valence-corrected chi connectivity index (χ4v) is 4.24. The fraction of sp³-hybridized carbons (Fsp3) is 0.706. The number of nitrogens with zero attached hydrogens (tertiary/aromatic N) is 3. The van der Waals surface area contributed by atoms with Crippen LogP contribution in [0.3, 0.4) is 0 Å². The number of likely N-dealkylation sites (N-methyl/N-ethyl adjacent to an activating group) is 1. The summed E-state index contributed by atoms with van der Waals surface area (Å²) in [5, 5.41) is 5.91. The summed E-state index contributed by atoms with van der Waals surface area (Å²) in [4.78, 5) is 19.3. The van der Waals surface area contributed by atoms with E-state index in [0.717, 1.165) is 36.9 Å². The topological polar surface area (TPSA) is 38.8 Å². The summed E-state index contributed by atoms with van der Waals surface area (Å²) in [6, 6.07) is 4.61. The van der Waals surface area contributed by atoms with Crippen molar-refractivity contribution < 1.29 is 4.79 Å². The van der Waals surface area contributed by atoms with E-state index in [4.69, 9.17) is 0 Å². The van der Waals surface area contributed by atoms with Crippen molar-refractivity contribution in [3.63, 3.8) is 0 Å². The van der Waals surface area contributed by atoms with Gasteiger partial charge in [-0.05, 0) is 50.2 Å². The number of hydrogen-bond donors (Lipinski definition) is 1. The molecule has 0 unspecified atom stereocenters. The first-order valence-electron chi connectivity index (χ1n) is 8.64. The van der Waals surface area contributed by atoms with Gasteiger partial charge in [-0.2, -0.15) is 0 Å². The Kier molecular flexibility index (Phi) is 5.56. The summed E-state index contributed by atoms with van der Waals surface area (Å²) in [6.07, 6.45) is 2.24. The third-order valence-corrected chi connectivity index (χ3v) is 5.90. The molecule has 3 heterocycles. The summed E-state index contributed by atoms with van der Waals surface area (Å²) in [5.41, 5.74) is 0. The molecule has 2 aliphatic heterocycles. The molecule has 2 fully saturated rings. The number of rotatable bonds is 3. The van der Waals surface area contributed by atoms with Crippen LogP contribution in [0.1, 0.15) is 19.8 Å². The van der Waals surface area contributed by atoms with Crippen LogP contribution in [-0.4, -0.2) is 73.1 Å². The van der Waals surface area contributed by atoms with Crippen molar-refractivity contribution in [2.75, 3.05) is 51.6 Å². The van der Waals surface area contributed by atoms with Gasteiger partial charge in [0, 0.05) is 45.3 Å². The van der Waals surface area contributed by atoms with Crippen LogP contribution in [-0.2, 0) is 0 Å². The smallest absolute Gasteiger partial charge is 0.322 e. The van der Waals surface area contributed by atoms with Gasteiger partial charge in [-0.25, -0.2) is 4.79 Å². The van der Waals surface area contributed by atoms with E-state index < -0.39 is 0 Å². The molecule has 1 N–H and O–H groups in total. The Morgan fingerprint density at radius 3 is 2.74 bits per heavy atom. The molecule has 0 saturated carbocycles. The lowest BCUT2D eigenvalue weighted by Gasteiger charge is -2.41. The molecule has 0 bridgehead atoms. The predicted octanol–water partition coefficient (Wildman–Crippen LogP) is 2.63. The van der Waals surface area contributed by atoms with E-state index >= 15 is 0 Å². The minimum Gasteiger partial charge on any atom is -0.324 e. The lowest BCUT2D eigenvalue weighted by molar-refractivity contribution is 0.0720. The van der Waals surface area contributed by atoms with Crippen LogP contribution in [0.4, 0.5) is 9.80 Å². The lowest BCUT2D eigenvalue weighted by atomic mass is 9.95.